The van der Waals surface area contributed by atoms with E-state index in [2.05, 4.69) is 26.2 Å². The highest BCUT2D eigenvalue weighted by Crippen LogP contribution is 2.10. The van der Waals surface area contributed by atoms with Crippen molar-refractivity contribution in [3.63, 3.8) is 0 Å². The Kier molecular flexibility index (Phi) is 3.94. The number of aromatic hydroxyl groups is 1. The smallest absolute Gasteiger partial charge is 0.251 e. The summed E-state index contributed by atoms with van der Waals surface area (Å²) in [5.41, 5.74) is 1.48. The van der Waals surface area contributed by atoms with Crippen molar-refractivity contribution in [3.05, 3.63) is 58.3 Å². The van der Waals surface area contributed by atoms with Gasteiger partial charge < -0.3 is 10.4 Å². The molecule has 0 fully saturated rings. The highest BCUT2D eigenvalue weighted by Gasteiger charge is 2.05. The van der Waals surface area contributed by atoms with Gasteiger partial charge in [-0.1, -0.05) is 12.1 Å². The van der Waals surface area contributed by atoms with E-state index in [0.717, 1.165) is 5.56 Å². The predicted molar refractivity (Wildman–Crippen MR) is 71.2 cm³/mol. The van der Waals surface area contributed by atoms with Crippen molar-refractivity contribution in [2.24, 2.45) is 0 Å². The van der Waals surface area contributed by atoms with Gasteiger partial charge in [-0.15, -0.1) is 0 Å². The van der Waals surface area contributed by atoms with Crippen LogP contribution in [0.25, 0.3) is 0 Å². The van der Waals surface area contributed by atoms with Gasteiger partial charge in [0.1, 0.15) is 10.4 Å². The van der Waals surface area contributed by atoms with Gasteiger partial charge in [0.25, 0.3) is 5.91 Å². The number of benzene rings is 1. The number of hydrogen-bond acceptors (Lipinski definition) is 3. The Bertz CT molecular complexity index is 555. The number of phenolic OH excluding ortho intramolecular Hbond substituents is 1. The largest absolute Gasteiger partial charge is 0.508 e. The minimum absolute atomic E-state index is 0.161. The standard InChI is InChI=1S/C13H11BrN2O2/c14-12-7-10(5-6-15-12)13(18)16-8-9-1-3-11(17)4-2-9/h1-7,17H,8H2,(H,16,18). The van der Waals surface area contributed by atoms with Crippen LogP contribution < -0.4 is 5.32 Å². The molecule has 0 aliphatic carbocycles. The second kappa shape index (κ2) is 5.64. The van der Waals surface area contributed by atoms with Gasteiger partial charge in [-0.3, -0.25) is 4.79 Å². The topological polar surface area (TPSA) is 62.2 Å². The molecule has 0 saturated carbocycles. The Balaban J connectivity index is 1.98. The van der Waals surface area contributed by atoms with E-state index < -0.39 is 0 Å². The third-order valence-corrected chi connectivity index (χ3v) is 2.81. The molecule has 5 heteroatoms. The summed E-state index contributed by atoms with van der Waals surface area (Å²) in [5, 5.41) is 11.9. The van der Waals surface area contributed by atoms with Gasteiger partial charge >= 0.3 is 0 Å². The predicted octanol–water partition coefficient (Wildman–Crippen LogP) is 2.48. The quantitative estimate of drug-likeness (QED) is 0.856. The number of hydrogen-bond donors (Lipinski definition) is 2. The lowest BCUT2D eigenvalue weighted by atomic mass is 10.2. The first-order valence-corrected chi connectivity index (χ1v) is 6.12. The van der Waals surface area contributed by atoms with E-state index in [1.165, 1.54) is 0 Å². The van der Waals surface area contributed by atoms with Gasteiger partial charge in [0.2, 0.25) is 0 Å². The number of phenols is 1. The van der Waals surface area contributed by atoms with E-state index in [9.17, 15) is 4.79 Å². The average molecular weight is 307 g/mol. The molecule has 18 heavy (non-hydrogen) atoms. The molecule has 1 aromatic carbocycles. The molecule has 92 valence electrons. The van der Waals surface area contributed by atoms with E-state index in [-0.39, 0.29) is 11.7 Å². The molecule has 2 rings (SSSR count). The average Bonchev–Trinajstić information content (AvgIpc) is 2.38. The van der Waals surface area contributed by atoms with E-state index >= 15 is 0 Å². The Morgan fingerprint density at radius 2 is 2.00 bits per heavy atom. The first-order chi connectivity index (χ1) is 8.65. The highest BCUT2D eigenvalue weighted by molar-refractivity contribution is 9.10. The zero-order valence-corrected chi connectivity index (χ0v) is 11.0. The van der Waals surface area contributed by atoms with Gasteiger partial charge in [0, 0.05) is 18.3 Å². The van der Waals surface area contributed by atoms with Gasteiger partial charge in [0.15, 0.2) is 0 Å². The number of nitrogens with zero attached hydrogens (tertiary/aromatic N) is 1. The lowest BCUT2D eigenvalue weighted by Gasteiger charge is -2.05. The third kappa shape index (κ3) is 3.30. The van der Waals surface area contributed by atoms with Gasteiger partial charge in [-0.25, -0.2) is 4.98 Å². The Hall–Kier alpha value is -1.88. The number of halogens is 1. The van der Waals surface area contributed by atoms with E-state index in [4.69, 9.17) is 5.11 Å². The number of carbonyl (C=O) groups is 1. The number of nitrogens with one attached hydrogen (secondary N) is 1. The summed E-state index contributed by atoms with van der Waals surface area (Å²) in [6.07, 6.45) is 1.57. The molecule has 1 aromatic heterocycles. The first-order valence-electron chi connectivity index (χ1n) is 5.33. The van der Waals surface area contributed by atoms with Crippen molar-refractivity contribution in [2.75, 3.05) is 0 Å². The van der Waals surface area contributed by atoms with Gasteiger partial charge in [0.05, 0.1) is 0 Å². The molecule has 0 spiro atoms. The van der Waals surface area contributed by atoms with Crippen molar-refractivity contribution in [3.8, 4) is 5.75 Å². The fourth-order valence-corrected chi connectivity index (χ4v) is 1.81. The van der Waals surface area contributed by atoms with Crippen LogP contribution in [0.1, 0.15) is 15.9 Å². The maximum absolute atomic E-state index is 11.8. The van der Waals surface area contributed by atoms with E-state index in [1.54, 1.807) is 42.6 Å². The van der Waals surface area contributed by atoms with Crippen molar-refractivity contribution >= 4 is 21.8 Å². The van der Waals surface area contributed by atoms with Crippen LogP contribution in [0, 0.1) is 0 Å². The maximum Gasteiger partial charge on any atom is 0.251 e. The molecular formula is C13H11BrN2O2. The normalized spacial score (nSPS) is 10.1. The molecule has 0 aliphatic rings. The summed E-state index contributed by atoms with van der Waals surface area (Å²) in [7, 11) is 0. The number of carbonyl (C=O) groups excluding carboxylic acids is 1. The van der Waals surface area contributed by atoms with E-state index in [1.807, 2.05) is 0 Å². The molecular weight excluding hydrogens is 296 g/mol. The molecule has 0 unspecified atom stereocenters. The minimum atomic E-state index is -0.161. The minimum Gasteiger partial charge on any atom is -0.508 e. The first kappa shape index (κ1) is 12.6. The van der Waals surface area contributed by atoms with Gasteiger partial charge in [-0.05, 0) is 45.8 Å². The fraction of sp³-hybridized carbons (Fsp3) is 0.0769. The van der Waals surface area contributed by atoms with Crippen molar-refractivity contribution in [2.45, 2.75) is 6.54 Å². The van der Waals surface area contributed by atoms with Crippen molar-refractivity contribution < 1.29 is 9.90 Å². The summed E-state index contributed by atoms with van der Waals surface area (Å²) in [6, 6.07) is 10.0. The van der Waals surface area contributed by atoms with Crippen molar-refractivity contribution in [1.82, 2.24) is 10.3 Å². The summed E-state index contributed by atoms with van der Waals surface area (Å²) in [4.78, 5) is 15.8. The second-order valence-electron chi connectivity index (χ2n) is 3.72. The van der Waals surface area contributed by atoms with Crippen LogP contribution in [0.2, 0.25) is 0 Å². The lowest BCUT2D eigenvalue weighted by Crippen LogP contribution is -2.22. The van der Waals surface area contributed by atoms with Gasteiger partial charge in [-0.2, -0.15) is 0 Å². The van der Waals surface area contributed by atoms with Crippen LogP contribution in [0.4, 0.5) is 0 Å². The van der Waals surface area contributed by atoms with Crippen LogP contribution in [-0.4, -0.2) is 16.0 Å². The third-order valence-electron chi connectivity index (χ3n) is 2.38. The van der Waals surface area contributed by atoms with Crippen LogP contribution in [0.5, 0.6) is 5.75 Å². The number of rotatable bonds is 3. The molecule has 0 aliphatic heterocycles. The van der Waals surface area contributed by atoms with Crippen LogP contribution in [0.15, 0.2) is 47.2 Å². The van der Waals surface area contributed by atoms with Crippen LogP contribution in [0.3, 0.4) is 0 Å². The monoisotopic (exact) mass is 306 g/mol. The summed E-state index contributed by atoms with van der Waals surface area (Å²) >= 11 is 3.22. The Labute approximate surface area is 113 Å². The number of amides is 1. The number of aromatic nitrogens is 1. The molecule has 0 radical (unpaired) electrons. The Morgan fingerprint density at radius 3 is 2.67 bits per heavy atom. The highest BCUT2D eigenvalue weighted by atomic mass is 79.9. The SMILES string of the molecule is O=C(NCc1ccc(O)cc1)c1ccnc(Br)c1. The Morgan fingerprint density at radius 1 is 1.28 bits per heavy atom. The van der Waals surface area contributed by atoms with Crippen molar-refractivity contribution in [1.29, 1.82) is 0 Å². The number of pyridine rings is 1. The lowest BCUT2D eigenvalue weighted by molar-refractivity contribution is 0.0950. The molecule has 1 heterocycles. The summed E-state index contributed by atoms with van der Waals surface area (Å²) < 4.78 is 0.625. The molecule has 1 amide bonds. The molecule has 2 N–H and O–H groups in total. The molecule has 0 bridgehead atoms. The van der Waals surface area contributed by atoms with E-state index in [0.29, 0.717) is 16.7 Å². The molecule has 4 nitrogen and oxygen atoms in total. The fourth-order valence-electron chi connectivity index (χ4n) is 1.44. The second-order valence-corrected chi connectivity index (χ2v) is 4.53. The molecule has 0 saturated heterocycles. The zero-order chi connectivity index (χ0) is 13.0. The summed E-state index contributed by atoms with van der Waals surface area (Å²) in [5.74, 6) is 0.0503. The maximum atomic E-state index is 11.8. The molecule has 0 atom stereocenters. The van der Waals surface area contributed by atoms with Crippen LogP contribution >= 0.6 is 15.9 Å². The summed E-state index contributed by atoms with van der Waals surface area (Å²) in [6.45, 7) is 0.416. The zero-order valence-electron chi connectivity index (χ0n) is 9.43. The van der Waals surface area contributed by atoms with Crippen LogP contribution in [-0.2, 0) is 6.54 Å². The molecule has 2 aromatic rings.